The van der Waals surface area contributed by atoms with Crippen molar-refractivity contribution in [1.29, 1.82) is 0 Å². The molecule has 0 aromatic carbocycles. The second kappa shape index (κ2) is 5.23. The van der Waals surface area contributed by atoms with E-state index in [0.717, 1.165) is 4.52 Å². The van der Waals surface area contributed by atoms with Crippen molar-refractivity contribution in [3.8, 4) is 0 Å². The van der Waals surface area contributed by atoms with Gasteiger partial charge >= 0.3 is 5.97 Å². The number of aliphatic hydroxyl groups is 1. The molecule has 0 spiro atoms. The van der Waals surface area contributed by atoms with Crippen LogP contribution in [0.5, 0.6) is 0 Å². The fraction of sp³-hybridized carbons (Fsp3) is 0.417. The fourth-order valence-electron chi connectivity index (χ4n) is 1.93. The molecule has 0 aliphatic carbocycles. The van der Waals surface area contributed by atoms with Crippen molar-refractivity contribution in [2.45, 2.75) is 20.3 Å². The zero-order valence-electron chi connectivity index (χ0n) is 10.8. The molecule has 0 unspecified atom stereocenters. The van der Waals surface area contributed by atoms with Crippen LogP contribution in [0, 0.1) is 6.92 Å². The summed E-state index contributed by atoms with van der Waals surface area (Å²) in [5.41, 5.74) is 1.25. The molecule has 0 amide bonds. The summed E-state index contributed by atoms with van der Waals surface area (Å²) in [6.07, 6.45) is 1.54. The van der Waals surface area contributed by atoms with E-state index in [0.29, 0.717) is 16.9 Å². The van der Waals surface area contributed by atoms with E-state index in [9.17, 15) is 9.59 Å². The monoisotopic (exact) mass is 265 g/mol. The Kier molecular flexibility index (Phi) is 3.66. The fourth-order valence-corrected chi connectivity index (χ4v) is 1.93. The van der Waals surface area contributed by atoms with Crippen molar-refractivity contribution in [3.63, 3.8) is 0 Å². The average Bonchev–Trinajstić information content (AvgIpc) is 2.78. The summed E-state index contributed by atoms with van der Waals surface area (Å²) in [6.45, 7) is 3.55. The average molecular weight is 265 g/mol. The molecule has 0 radical (unpaired) electrons. The van der Waals surface area contributed by atoms with E-state index in [1.54, 1.807) is 13.8 Å². The van der Waals surface area contributed by atoms with Crippen LogP contribution in [0.15, 0.2) is 11.0 Å². The molecule has 2 aromatic rings. The van der Waals surface area contributed by atoms with E-state index in [1.807, 2.05) is 0 Å². The molecule has 0 saturated carbocycles. The van der Waals surface area contributed by atoms with Gasteiger partial charge in [0.25, 0.3) is 5.56 Å². The molecule has 0 bridgehead atoms. The quantitative estimate of drug-likeness (QED) is 0.761. The predicted molar refractivity (Wildman–Crippen MR) is 67.3 cm³/mol. The summed E-state index contributed by atoms with van der Waals surface area (Å²) in [5, 5.41) is 12.8. The van der Waals surface area contributed by atoms with Gasteiger partial charge in [-0.15, -0.1) is 0 Å². The Hall–Kier alpha value is -2.15. The van der Waals surface area contributed by atoms with E-state index < -0.39 is 5.97 Å². The number of H-pyrrole nitrogens is 1. The van der Waals surface area contributed by atoms with Crippen LogP contribution in [-0.2, 0) is 11.2 Å². The van der Waals surface area contributed by atoms with E-state index in [2.05, 4.69) is 10.1 Å². The lowest BCUT2D eigenvalue weighted by molar-refractivity contribution is 0.0528. The number of hydrogen-bond donors (Lipinski definition) is 2. The maximum atomic E-state index is 12.2. The van der Waals surface area contributed by atoms with Crippen molar-refractivity contribution < 1.29 is 14.6 Å². The maximum Gasteiger partial charge on any atom is 0.343 e. The molecule has 7 nitrogen and oxygen atoms in total. The van der Waals surface area contributed by atoms with E-state index in [1.165, 1.54) is 6.20 Å². The first kappa shape index (κ1) is 13.3. The third kappa shape index (κ3) is 2.24. The standard InChI is InChI=1S/C12H15N3O4/c1-3-19-12(18)9-6-13-15-10(9)14-7(2)8(4-5-16)11(15)17/h6,14,16H,3-5H2,1-2H3. The van der Waals surface area contributed by atoms with Crippen LogP contribution in [-0.4, -0.2) is 38.9 Å². The summed E-state index contributed by atoms with van der Waals surface area (Å²) >= 11 is 0. The minimum Gasteiger partial charge on any atom is -0.462 e. The number of rotatable bonds is 4. The van der Waals surface area contributed by atoms with Gasteiger partial charge in [0.15, 0.2) is 5.65 Å². The number of carbonyl (C=O) groups is 1. The first-order chi connectivity index (χ1) is 9.10. The third-order valence-electron chi connectivity index (χ3n) is 2.84. The number of aliphatic hydroxyl groups excluding tert-OH is 1. The van der Waals surface area contributed by atoms with Crippen LogP contribution < -0.4 is 5.56 Å². The summed E-state index contributed by atoms with van der Waals surface area (Å²) < 4.78 is 6.01. The molecule has 7 heteroatoms. The molecule has 0 fully saturated rings. The lowest BCUT2D eigenvalue weighted by Gasteiger charge is -2.05. The van der Waals surface area contributed by atoms with E-state index in [-0.39, 0.29) is 30.8 Å². The van der Waals surface area contributed by atoms with Crippen molar-refractivity contribution in [1.82, 2.24) is 14.6 Å². The Bertz CT molecular complexity index is 671. The van der Waals surface area contributed by atoms with Gasteiger partial charge in [-0.1, -0.05) is 0 Å². The predicted octanol–water partition coefficient (Wildman–Crippen LogP) is 0.0425. The van der Waals surface area contributed by atoms with Gasteiger partial charge < -0.3 is 14.8 Å². The van der Waals surface area contributed by atoms with Crippen LogP contribution >= 0.6 is 0 Å². The molecule has 0 aliphatic heterocycles. The zero-order chi connectivity index (χ0) is 14.0. The van der Waals surface area contributed by atoms with Gasteiger partial charge in [-0.25, -0.2) is 4.79 Å². The number of ether oxygens (including phenoxy) is 1. The van der Waals surface area contributed by atoms with E-state index >= 15 is 0 Å². The number of aromatic amines is 1. The number of aromatic nitrogens is 3. The van der Waals surface area contributed by atoms with Gasteiger partial charge in [0.05, 0.1) is 12.8 Å². The molecule has 2 aromatic heterocycles. The second-order valence-electron chi connectivity index (χ2n) is 4.05. The molecule has 102 valence electrons. The summed E-state index contributed by atoms with van der Waals surface area (Å²) in [4.78, 5) is 26.8. The Morgan fingerprint density at radius 3 is 2.95 bits per heavy atom. The zero-order valence-corrected chi connectivity index (χ0v) is 10.8. The number of fused-ring (bicyclic) bond motifs is 1. The Morgan fingerprint density at radius 1 is 1.58 bits per heavy atom. The van der Waals surface area contributed by atoms with Crippen LogP contribution in [0.1, 0.15) is 28.5 Å². The highest BCUT2D eigenvalue weighted by molar-refractivity contribution is 5.95. The number of nitrogens with one attached hydrogen (secondary N) is 1. The van der Waals surface area contributed by atoms with E-state index in [4.69, 9.17) is 9.84 Å². The van der Waals surface area contributed by atoms with Gasteiger partial charge in [-0.2, -0.15) is 9.61 Å². The van der Waals surface area contributed by atoms with Crippen molar-refractivity contribution in [2.75, 3.05) is 13.2 Å². The van der Waals surface area contributed by atoms with Crippen LogP contribution in [0.2, 0.25) is 0 Å². The minimum absolute atomic E-state index is 0.124. The largest absolute Gasteiger partial charge is 0.462 e. The SMILES string of the molecule is CCOC(=O)c1cnn2c(=O)c(CCO)c(C)[nH]c12. The highest BCUT2D eigenvalue weighted by Crippen LogP contribution is 2.10. The van der Waals surface area contributed by atoms with Gasteiger partial charge in [-0.3, -0.25) is 4.79 Å². The number of nitrogens with zero attached hydrogens (tertiary/aromatic N) is 2. The highest BCUT2D eigenvalue weighted by Gasteiger charge is 2.18. The number of carbonyl (C=O) groups excluding carboxylic acids is 1. The van der Waals surface area contributed by atoms with Gasteiger partial charge in [-0.05, 0) is 13.8 Å². The maximum absolute atomic E-state index is 12.2. The molecule has 2 N–H and O–H groups in total. The lowest BCUT2D eigenvalue weighted by atomic mass is 10.2. The van der Waals surface area contributed by atoms with Crippen LogP contribution in [0.3, 0.4) is 0 Å². The molecule has 2 heterocycles. The molecule has 0 aliphatic rings. The Morgan fingerprint density at radius 2 is 2.32 bits per heavy atom. The summed E-state index contributed by atoms with van der Waals surface area (Å²) in [5.74, 6) is -0.526. The van der Waals surface area contributed by atoms with Gasteiger partial charge in [0.2, 0.25) is 0 Å². The molecular formula is C12H15N3O4. The van der Waals surface area contributed by atoms with Crippen molar-refractivity contribution >= 4 is 11.6 Å². The highest BCUT2D eigenvalue weighted by atomic mass is 16.5. The normalized spacial score (nSPS) is 10.9. The number of hydrogen-bond acceptors (Lipinski definition) is 5. The summed E-state index contributed by atoms with van der Waals surface area (Å²) in [6, 6.07) is 0. The minimum atomic E-state index is -0.526. The number of esters is 1. The Balaban J connectivity index is 2.63. The molecule has 19 heavy (non-hydrogen) atoms. The number of aryl methyl sites for hydroxylation is 1. The topological polar surface area (TPSA) is 96.7 Å². The van der Waals surface area contributed by atoms with Gasteiger partial charge in [0.1, 0.15) is 5.56 Å². The van der Waals surface area contributed by atoms with Crippen molar-refractivity contribution in [2.24, 2.45) is 0 Å². The third-order valence-corrected chi connectivity index (χ3v) is 2.84. The first-order valence-electron chi connectivity index (χ1n) is 5.97. The van der Waals surface area contributed by atoms with Crippen LogP contribution in [0.25, 0.3) is 5.65 Å². The molecule has 0 atom stereocenters. The lowest BCUT2D eigenvalue weighted by Crippen LogP contribution is -2.23. The van der Waals surface area contributed by atoms with Crippen LogP contribution in [0.4, 0.5) is 0 Å². The smallest absolute Gasteiger partial charge is 0.343 e. The molecular weight excluding hydrogens is 250 g/mol. The molecule has 0 saturated heterocycles. The Labute approximate surface area is 108 Å². The summed E-state index contributed by atoms with van der Waals surface area (Å²) in [7, 11) is 0. The van der Waals surface area contributed by atoms with Gasteiger partial charge in [0, 0.05) is 24.3 Å². The van der Waals surface area contributed by atoms with Crippen molar-refractivity contribution in [3.05, 3.63) is 33.4 Å². The second-order valence-corrected chi connectivity index (χ2v) is 4.05. The first-order valence-corrected chi connectivity index (χ1v) is 5.97. The molecule has 2 rings (SSSR count).